The van der Waals surface area contributed by atoms with Crippen molar-refractivity contribution in [3.05, 3.63) is 35.4 Å². The van der Waals surface area contributed by atoms with Gasteiger partial charge in [0.2, 0.25) is 0 Å². The standard InChI is InChI=1S/C16H22F2N2O2/c1-10(7-13-14(17)5-4-6-15(13)18)19-16(21)20-8-11(2)22-12(3)9-20/h4-6,10-12H,7-9H2,1-3H3,(H,19,21)/t10-,11-,12+/m0/s1. The fraction of sp³-hybridized carbons (Fsp3) is 0.562. The maximum atomic E-state index is 13.6. The molecule has 0 aromatic heterocycles. The lowest BCUT2D eigenvalue weighted by Crippen LogP contribution is -2.53. The Balaban J connectivity index is 1.94. The van der Waals surface area contributed by atoms with E-state index in [1.165, 1.54) is 18.2 Å². The number of nitrogens with zero attached hydrogens (tertiary/aromatic N) is 1. The second-order valence-electron chi connectivity index (χ2n) is 5.92. The molecule has 1 N–H and O–H groups in total. The monoisotopic (exact) mass is 312 g/mol. The van der Waals surface area contributed by atoms with E-state index in [2.05, 4.69) is 5.32 Å². The molecular weight excluding hydrogens is 290 g/mol. The lowest BCUT2D eigenvalue weighted by molar-refractivity contribution is -0.0547. The molecule has 1 heterocycles. The molecule has 2 amide bonds. The third-order valence-electron chi connectivity index (χ3n) is 3.65. The van der Waals surface area contributed by atoms with Gasteiger partial charge in [0.05, 0.1) is 12.2 Å². The first kappa shape index (κ1) is 16.7. The highest BCUT2D eigenvalue weighted by atomic mass is 19.1. The number of rotatable bonds is 3. The van der Waals surface area contributed by atoms with E-state index in [9.17, 15) is 13.6 Å². The zero-order chi connectivity index (χ0) is 16.3. The van der Waals surface area contributed by atoms with Crippen LogP contribution >= 0.6 is 0 Å². The number of morpholine rings is 1. The molecule has 0 bridgehead atoms. The number of carbonyl (C=O) groups excluding carboxylic acids is 1. The predicted molar refractivity (Wildman–Crippen MR) is 79.6 cm³/mol. The molecule has 1 aliphatic heterocycles. The van der Waals surface area contributed by atoms with E-state index in [0.717, 1.165) is 0 Å². The fourth-order valence-corrected chi connectivity index (χ4v) is 2.73. The molecule has 2 rings (SSSR count). The summed E-state index contributed by atoms with van der Waals surface area (Å²) in [6, 6.07) is 3.17. The van der Waals surface area contributed by atoms with Crippen molar-refractivity contribution in [2.24, 2.45) is 0 Å². The van der Waals surface area contributed by atoms with Gasteiger partial charge in [-0.1, -0.05) is 6.07 Å². The Kier molecular flexibility index (Phi) is 5.34. The van der Waals surface area contributed by atoms with E-state index in [1.54, 1.807) is 11.8 Å². The zero-order valence-electron chi connectivity index (χ0n) is 13.1. The maximum absolute atomic E-state index is 13.6. The van der Waals surface area contributed by atoms with Gasteiger partial charge >= 0.3 is 6.03 Å². The summed E-state index contributed by atoms with van der Waals surface area (Å²) in [7, 11) is 0. The number of urea groups is 1. The summed E-state index contributed by atoms with van der Waals surface area (Å²) in [5.74, 6) is -1.18. The summed E-state index contributed by atoms with van der Waals surface area (Å²) in [4.78, 5) is 13.9. The summed E-state index contributed by atoms with van der Waals surface area (Å²) in [6.07, 6.45) is 0.0716. The van der Waals surface area contributed by atoms with Gasteiger partial charge in [-0.3, -0.25) is 0 Å². The summed E-state index contributed by atoms with van der Waals surface area (Å²) in [5, 5.41) is 2.79. The quantitative estimate of drug-likeness (QED) is 0.932. The number of hydrogen-bond donors (Lipinski definition) is 1. The fourth-order valence-electron chi connectivity index (χ4n) is 2.73. The van der Waals surface area contributed by atoms with Crippen LogP contribution in [0.3, 0.4) is 0 Å². The molecule has 4 nitrogen and oxygen atoms in total. The average molecular weight is 312 g/mol. The normalized spacial score (nSPS) is 23.2. The zero-order valence-corrected chi connectivity index (χ0v) is 13.1. The van der Waals surface area contributed by atoms with Gasteiger partial charge in [-0.2, -0.15) is 0 Å². The second kappa shape index (κ2) is 7.05. The van der Waals surface area contributed by atoms with Crippen molar-refractivity contribution < 1.29 is 18.3 Å². The first-order valence-electron chi connectivity index (χ1n) is 7.50. The van der Waals surface area contributed by atoms with E-state index >= 15 is 0 Å². The van der Waals surface area contributed by atoms with Crippen LogP contribution in [0.1, 0.15) is 26.3 Å². The third-order valence-corrected chi connectivity index (χ3v) is 3.65. The van der Waals surface area contributed by atoms with Gasteiger partial charge in [-0.15, -0.1) is 0 Å². The number of carbonyl (C=O) groups is 1. The van der Waals surface area contributed by atoms with Crippen molar-refractivity contribution in [2.75, 3.05) is 13.1 Å². The topological polar surface area (TPSA) is 41.6 Å². The number of amides is 2. The second-order valence-corrected chi connectivity index (χ2v) is 5.92. The molecule has 1 aromatic rings. The maximum Gasteiger partial charge on any atom is 0.317 e. The van der Waals surface area contributed by atoms with Crippen LogP contribution in [0.15, 0.2) is 18.2 Å². The minimum absolute atomic E-state index is 0.000913. The SMILES string of the molecule is C[C@@H]1CN(C(=O)N[C@@H](C)Cc2c(F)cccc2F)C[C@H](C)O1. The van der Waals surface area contributed by atoms with Crippen LogP contribution in [-0.4, -0.2) is 42.3 Å². The van der Waals surface area contributed by atoms with Gasteiger partial charge in [0.25, 0.3) is 0 Å². The highest BCUT2D eigenvalue weighted by Crippen LogP contribution is 2.15. The van der Waals surface area contributed by atoms with Crippen molar-refractivity contribution >= 4 is 6.03 Å². The minimum atomic E-state index is -0.588. The van der Waals surface area contributed by atoms with E-state index in [4.69, 9.17) is 4.74 Å². The van der Waals surface area contributed by atoms with Gasteiger partial charge in [-0.05, 0) is 39.3 Å². The summed E-state index contributed by atoms with van der Waals surface area (Å²) >= 11 is 0. The highest BCUT2D eigenvalue weighted by molar-refractivity contribution is 5.74. The van der Waals surface area contributed by atoms with Gasteiger partial charge in [0.1, 0.15) is 11.6 Å². The van der Waals surface area contributed by atoms with Gasteiger partial charge < -0.3 is 15.0 Å². The van der Waals surface area contributed by atoms with Crippen LogP contribution in [0.5, 0.6) is 0 Å². The lowest BCUT2D eigenvalue weighted by Gasteiger charge is -2.35. The van der Waals surface area contributed by atoms with Crippen LogP contribution in [-0.2, 0) is 11.2 Å². The first-order valence-corrected chi connectivity index (χ1v) is 7.50. The molecule has 1 fully saturated rings. The molecule has 1 aromatic carbocycles. The Morgan fingerprint density at radius 1 is 1.32 bits per heavy atom. The van der Waals surface area contributed by atoms with Crippen LogP contribution in [0.4, 0.5) is 13.6 Å². The lowest BCUT2D eigenvalue weighted by atomic mass is 10.1. The van der Waals surface area contributed by atoms with Gasteiger partial charge in [-0.25, -0.2) is 13.6 Å². The van der Waals surface area contributed by atoms with E-state index in [0.29, 0.717) is 13.1 Å². The molecule has 0 spiro atoms. The summed E-state index contributed by atoms with van der Waals surface area (Å²) < 4.78 is 32.8. The molecule has 22 heavy (non-hydrogen) atoms. The van der Waals surface area contributed by atoms with Crippen molar-refractivity contribution in [2.45, 2.75) is 45.4 Å². The Morgan fingerprint density at radius 3 is 2.41 bits per heavy atom. The third kappa shape index (κ3) is 4.16. The average Bonchev–Trinajstić information content (AvgIpc) is 2.42. The Labute approximate surface area is 129 Å². The Hall–Kier alpha value is -1.69. The number of hydrogen-bond acceptors (Lipinski definition) is 2. The Bertz CT molecular complexity index is 509. The summed E-state index contributed by atoms with van der Waals surface area (Å²) in [6.45, 7) is 6.58. The first-order chi connectivity index (χ1) is 10.4. The summed E-state index contributed by atoms with van der Waals surface area (Å²) in [5.41, 5.74) is -0.000913. The minimum Gasteiger partial charge on any atom is -0.372 e. The molecule has 3 atom stereocenters. The van der Waals surface area contributed by atoms with Gasteiger partial charge in [0.15, 0.2) is 0 Å². The van der Waals surface area contributed by atoms with Crippen molar-refractivity contribution in [1.29, 1.82) is 0 Å². The highest BCUT2D eigenvalue weighted by Gasteiger charge is 2.26. The smallest absolute Gasteiger partial charge is 0.317 e. The molecule has 0 radical (unpaired) electrons. The van der Waals surface area contributed by atoms with Crippen LogP contribution in [0.2, 0.25) is 0 Å². The van der Waals surface area contributed by atoms with Crippen LogP contribution < -0.4 is 5.32 Å². The number of benzene rings is 1. The molecular formula is C16H22F2N2O2. The molecule has 0 saturated carbocycles. The van der Waals surface area contributed by atoms with Crippen molar-refractivity contribution in [3.8, 4) is 0 Å². The number of nitrogens with one attached hydrogen (secondary N) is 1. The van der Waals surface area contributed by atoms with E-state index in [1.807, 2.05) is 13.8 Å². The molecule has 1 saturated heterocycles. The van der Waals surface area contributed by atoms with E-state index in [-0.39, 0.29) is 36.3 Å². The van der Waals surface area contributed by atoms with Crippen molar-refractivity contribution in [3.63, 3.8) is 0 Å². The van der Waals surface area contributed by atoms with Crippen LogP contribution in [0, 0.1) is 11.6 Å². The molecule has 0 unspecified atom stereocenters. The number of halogens is 2. The number of ether oxygens (including phenoxy) is 1. The molecule has 6 heteroatoms. The molecule has 122 valence electrons. The van der Waals surface area contributed by atoms with Crippen LogP contribution in [0.25, 0.3) is 0 Å². The van der Waals surface area contributed by atoms with Crippen molar-refractivity contribution in [1.82, 2.24) is 10.2 Å². The Morgan fingerprint density at radius 2 is 1.86 bits per heavy atom. The molecule has 0 aliphatic carbocycles. The largest absolute Gasteiger partial charge is 0.372 e. The van der Waals surface area contributed by atoms with Gasteiger partial charge in [0, 0.05) is 24.7 Å². The predicted octanol–water partition coefficient (Wildman–Crippen LogP) is 2.71. The van der Waals surface area contributed by atoms with E-state index < -0.39 is 11.6 Å². The molecule has 1 aliphatic rings.